The lowest BCUT2D eigenvalue weighted by molar-refractivity contribution is -0.139. The number of ether oxygens (including phenoxy) is 1. The van der Waals surface area contributed by atoms with Crippen molar-refractivity contribution in [1.29, 1.82) is 0 Å². The molecule has 0 fully saturated rings. The molecule has 1 heterocycles. The Morgan fingerprint density at radius 1 is 0.969 bits per heavy atom. The largest absolute Gasteiger partial charge is 0.481 e. The van der Waals surface area contributed by atoms with E-state index in [9.17, 15) is 14.7 Å². The fraction of sp³-hybridized carbons (Fsp3) is 0.231. The molecule has 1 aliphatic rings. The van der Waals surface area contributed by atoms with Gasteiger partial charge in [-0.2, -0.15) is 0 Å². The highest BCUT2D eigenvalue weighted by atomic mass is 16.5. The second-order valence-electron chi connectivity index (χ2n) is 8.12. The summed E-state index contributed by atoms with van der Waals surface area (Å²) in [7, 11) is 0. The van der Waals surface area contributed by atoms with E-state index in [-0.39, 0.29) is 6.03 Å². The molecular weight excluding hydrogens is 404 g/mol. The summed E-state index contributed by atoms with van der Waals surface area (Å²) in [6.45, 7) is 0.00620. The molecule has 0 radical (unpaired) electrons. The molecule has 0 saturated heterocycles. The standard InChI is InChI=1S/C26H24N2O4/c29-23(30)16-32-25-19-11-5-4-10-18(19)14-22-24(25)20-12-6-7-13-21(20)28(22)26(31)27-15-17-8-2-1-3-9-17/h1-3,6-9,12-14H,4-5,10-11,15-16H2,(H,27,31)(H,29,30). The summed E-state index contributed by atoms with van der Waals surface area (Å²) < 4.78 is 7.56. The van der Waals surface area contributed by atoms with Crippen molar-refractivity contribution in [1.82, 2.24) is 9.88 Å². The number of fused-ring (bicyclic) bond motifs is 4. The molecule has 6 heteroatoms. The van der Waals surface area contributed by atoms with Gasteiger partial charge in [0.05, 0.1) is 16.4 Å². The minimum Gasteiger partial charge on any atom is -0.481 e. The van der Waals surface area contributed by atoms with Gasteiger partial charge < -0.3 is 15.2 Å². The lowest BCUT2D eigenvalue weighted by Gasteiger charge is -2.21. The first kappa shape index (κ1) is 20.1. The molecule has 2 N–H and O–H groups in total. The molecule has 6 nitrogen and oxygen atoms in total. The molecule has 1 aromatic heterocycles. The molecule has 162 valence electrons. The Kier molecular flexibility index (Phi) is 5.27. The number of hydrogen-bond acceptors (Lipinski definition) is 3. The van der Waals surface area contributed by atoms with Crippen LogP contribution >= 0.6 is 0 Å². The summed E-state index contributed by atoms with van der Waals surface area (Å²) in [6, 6.07) is 19.3. The molecule has 0 aliphatic heterocycles. The van der Waals surface area contributed by atoms with E-state index < -0.39 is 12.6 Å². The number of rotatable bonds is 5. The van der Waals surface area contributed by atoms with Crippen LogP contribution in [0.4, 0.5) is 4.79 Å². The quantitative estimate of drug-likeness (QED) is 0.474. The molecule has 3 aromatic carbocycles. The first-order valence-corrected chi connectivity index (χ1v) is 10.9. The zero-order chi connectivity index (χ0) is 22.1. The van der Waals surface area contributed by atoms with Crippen LogP contribution in [0.2, 0.25) is 0 Å². The Labute approximate surface area is 185 Å². The predicted molar refractivity (Wildman–Crippen MR) is 123 cm³/mol. The Morgan fingerprint density at radius 3 is 2.53 bits per heavy atom. The van der Waals surface area contributed by atoms with Crippen LogP contribution in [0.3, 0.4) is 0 Å². The van der Waals surface area contributed by atoms with Crippen LogP contribution in [-0.2, 0) is 24.2 Å². The zero-order valence-corrected chi connectivity index (χ0v) is 17.6. The molecule has 0 unspecified atom stereocenters. The van der Waals surface area contributed by atoms with E-state index in [2.05, 4.69) is 11.4 Å². The minimum absolute atomic E-state index is 0.222. The number of aryl methyl sites for hydroxylation is 1. The van der Waals surface area contributed by atoms with Crippen LogP contribution in [0.5, 0.6) is 5.75 Å². The van der Waals surface area contributed by atoms with Gasteiger partial charge in [-0.1, -0.05) is 48.5 Å². The molecule has 4 aromatic rings. The number of carboxylic acids is 1. The maximum atomic E-state index is 13.4. The molecule has 1 aliphatic carbocycles. The van der Waals surface area contributed by atoms with Gasteiger partial charge in [-0.15, -0.1) is 0 Å². The van der Waals surface area contributed by atoms with Gasteiger partial charge in [-0.25, -0.2) is 9.59 Å². The van der Waals surface area contributed by atoms with E-state index in [0.29, 0.717) is 12.3 Å². The molecule has 0 spiro atoms. The third kappa shape index (κ3) is 3.58. The topological polar surface area (TPSA) is 80.6 Å². The summed E-state index contributed by atoms with van der Waals surface area (Å²) in [5.74, 6) is -0.415. The molecular formula is C26H24N2O4. The highest BCUT2D eigenvalue weighted by molar-refractivity contribution is 6.16. The number of carbonyl (C=O) groups is 2. The van der Waals surface area contributed by atoms with Crippen LogP contribution in [0, 0.1) is 0 Å². The third-order valence-corrected chi connectivity index (χ3v) is 6.06. The van der Waals surface area contributed by atoms with Crippen molar-refractivity contribution in [2.75, 3.05) is 6.61 Å². The number of nitrogens with zero attached hydrogens (tertiary/aromatic N) is 1. The van der Waals surface area contributed by atoms with Crippen molar-refractivity contribution in [3.05, 3.63) is 77.4 Å². The molecule has 1 amide bonds. The van der Waals surface area contributed by atoms with Gasteiger partial charge in [-0.3, -0.25) is 4.57 Å². The lowest BCUT2D eigenvalue weighted by atomic mass is 9.89. The SMILES string of the molecule is O=C(O)COc1c2c(cc3c1c1ccccc1n3C(=O)NCc1ccccc1)CCCC2. The van der Waals surface area contributed by atoms with Crippen molar-refractivity contribution in [2.45, 2.75) is 32.2 Å². The average Bonchev–Trinajstić information content (AvgIpc) is 3.15. The van der Waals surface area contributed by atoms with Gasteiger partial charge in [0.1, 0.15) is 5.75 Å². The second-order valence-corrected chi connectivity index (χ2v) is 8.12. The van der Waals surface area contributed by atoms with Crippen LogP contribution < -0.4 is 10.1 Å². The fourth-order valence-electron chi connectivity index (χ4n) is 4.66. The van der Waals surface area contributed by atoms with E-state index in [4.69, 9.17) is 4.74 Å². The van der Waals surface area contributed by atoms with E-state index >= 15 is 0 Å². The normalized spacial score (nSPS) is 13.1. The number of carbonyl (C=O) groups excluding carboxylic acids is 1. The molecule has 32 heavy (non-hydrogen) atoms. The second kappa shape index (κ2) is 8.38. The third-order valence-electron chi connectivity index (χ3n) is 6.06. The maximum Gasteiger partial charge on any atom is 0.341 e. The monoisotopic (exact) mass is 428 g/mol. The minimum atomic E-state index is -1.02. The van der Waals surface area contributed by atoms with E-state index in [1.54, 1.807) is 4.57 Å². The molecule has 0 bridgehead atoms. The van der Waals surface area contributed by atoms with Gasteiger partial charge in [-0.05, 0) is 54.5 Å². The van der Waals surface area contributed by atoms with Crippen LogP contribution in [0.15, 0.2) is 60.7 Å². The summed E-state index contributed by atoms with van der Waals surface area (Å²) >= 11 is 0. The Bertz CT molecular complexity index is 1320. The number of amides is 1. The molecule has 0 saturated carbocycles. The predicted octanol–water partition coefficient (Wildman–Crippen LogP) is 4.89. The lowest BCUT2D eigenvalue weighted by Crippen LogP contribution is -2.27. The number of hydrogen-bond donors (Lipinski definition) is 2. The number of aliphatic carboxylic acids is 1. The van der Waals surface area contributed by atoms with Crippen molar-refractivity contribution < 1.29 is 19.4 Å². The molecule has 0 atom stereocenters. The Morgan fingerprint density at radius 2 is 1.72 bits per heavy atom. The van der Waals surface area contributed by atoms with Crippen molar-refractivity contribution in [3.63, 3.8) is 0 Å². The van der Waals surface area contributed by atoms with Gasteiger partial charge in [0, 0.05) is 11.9 Å². The average molecular weight is 428 g/mol. The summed E-state index contributed by atoms with van der Waals surface area (Å²) in [6.07, 6.45) is 3.84. The van der Waals surface area contributed by atoms with Gasteiger partial charge >= 0.3 is 12.0 Å². The van der Waals surface area contributed by atoms with Crippen LogP contribution in [-0.4, -0.2) is 28.3 Å². The van der Waals surface area contributed by atoms with Crippen molar-refractivity contribution >= 4 is 33.8 Å². The number of aromatic nitrogens is 1. The maximum absolute atomic E-state index is 13.4. The number of carboxylic acid groups (broad SMARTS) is 1. The zero-order valence-electron chi connectivity index (χ0n) is 17.6. The number of nitrogens with one attached hydrogen (secondary N) is 1. The van der Waals surface area contributed by atoms with Gasteiger partial charge in [0.2, 0.25) is 0 Å². The summed E-state index contributed by atoms with van der Waals surface area (Å²) in [4.78, 5) is 24.6. The Balaban J connectivity index is 1.67. The smallest absolute Gasteiger partial charge is 0.341 e. The van der Waals surface area contributed by atoms with Gasteiger partial charge in [0.15, 0.2) is 6.61 Å². The van der Waals surface area contributed by atoms with E-state index in [1.807, 2.05) is 54.6 Å². The first-order chi connectivity index (χ1) is 15.6. The first-order valence-electron chi connectivity index (χ1n) is 10.9. The van der Waals surface area contributed by atoms with Crippen LogP contribution in [0.1, 0.15) is 29.5 Å². The summed E-state index contributed by atoms with van der Waals surface area (Å²) in [5, 5.41) is 13.9. The highest BCUT2D eigenvalue weighted by Gasteiger charge is 2.25. The fourth-order valence-corrected chi connectivity index (χ4v) is 4.66. The van der Waals surface area contributed by atoms with E-state index in [0.717, 1.165) is 64.2 Å². The summed E-state index contributed by atoms with van der Waals surface area (Å²) in [5.41, 5.74) is 4.74. The van der Waals surface area contributed by atoms with Crippen molar-refractivity contribution in [2.24, 2.45) is 0 Å². The Hall–Kier alpha value is -3.80. The number of benzene rings is 3. The van der Waals surface area contributed by atoms with Crippen molar-refractivity contribution in [3.8, 4) is 5.75 Å². The van der Waals surface area contributed by atoms with E-state index in [1.165, 1.54) is 0 Å². The number of para-hydroxylation sites is 1. The molecule has 5 rings (SSSR count). The van der Waals surface area contributed by atoms with Crippen LogP contribution in [0.25, 0.3) is 21.8 Å². The highest BCUT2D eigenvalue weighted by Crippen LogP contribution is 2.42. The van der Waals surface area contributed by atoms with Gasteiger partial charge in [0.25, 0.3) is 0 Å².